The van der Waals surface area contributed by atoms with E-state index in [1.54, 1.807) is 17.0 Å². The molecule has 1 saturated carbocycles. The SMILES string of the molecule is NC1=NC2(CCCCC2)N(c2ccc(Br)cc2Oc2c(F)cc(C(F)(F)F)cc2F)C(N)=N1. The Hall–Kier alpha value is -2.89. The van der Waals surface area contributed by atoms with Gasteiger partial charge in [0.1, 0.15) is 5.66 Å². The van der Waals surface area contributed by atoms with Crippen LogP contribution < -0.4 is 21.1 Å². The summed E-state index contributed by atoms with van der Waals surface area (Å²) in [5.74, 6) is -3.99. The normalized spacial score (nSPS) is 18.2. The largest absolute Gasteiger partial charge is 0.449 e. The zero-order chi connectivity index (χ0) is 24.0. The van der Waals surface area contributed by atoms with Crippen LogP contribution in [0.3, 0.4) is 0 Å². The third kappa shape index (κ3) is 4.48. The summed E-state index contributed by atoms with van der Waals surface area (Å²) in [4.78, 5) is 10.2. The molecular formula is C21H19BrF5N5O. The Morgan fingerprint density at radius 2 is 1.64 bits per heavy atom. The summed E-state index contributed by atoms with van der Waals surface area (Å²) in [5.41, 5.74) is 10.0. The lowest BCUT2D eigenvalue weighted by Crippen LogP contribution is -2.58. The highest BCUT2D eigenvalue weighted by atomic mass is 79.9. The fourth-order valence-electron chi connectivity index (χ4n) is 4.16. The molecule has 33 heavy (non-hydrogen) atoms. The number of rotatable bonds is 3. The lowest BCUT2D eigenvalue weighted by molar-refractivity contribution is -0.138. The summed E-state index contributed by atoms with van der Waals surface area (Å²) in [6, 6.07) is 5.04. The minimum atomic E-state index is -4.91. The van der Waals surface area contributed by atoms with E-state index in [1.807, 2.05) is 0 Å². The van der Waals surface area contributed by atoms with Crippen molar-refractivity contribution >= 4 is 33.5 Å². The standard InChI is InChI=1S/C21H19BrF5N5O/c22-12-4-5-15(32-19(29)30-18(28)31-20(32)6-2-1-3-7-20)16(10-12)33-17-13(23)8-11(9-14(17)24)21(25,26)27/h4-5,8-10H,1-3,6-7H2,(H4,28,29,30,31). The van der Waals surface area contributed by atoms with E-state index in [4.69, 9.17) is 16.2 Å². The van der Waals surface area contributed by atoms with Crippen LogP contribution in [-0.4, -0.2) is 17.6 Å². The van der Waals surface area contributed by atoms with E-state index in [2.05, 4.69) is 25.9 Å². The van der Waals surface area contributed by atoms with Crippen LogP contribution in [0.5, 0.6) is 11.5 Å². The topological polar surface area (TPSA) is 89.2 Å². The van der Waals surface area contributed by atoms with Crippen LogP contribution in [0.25, 0.3) is 0 Å². The number of halogens is 6. The molecule has 0 amide bonds. The van der Waals surface area contributed by atoms with E-state index in [9.17, 15) is 22.0 Å². The van der Waals surface area contributed by atoms with Gasteiger partial charge in [0.05, 0.1) is 11.3 Å². The molecule has 0 aromatic heterocycles. The molecule has 4 N–H and O–H groups in total. The highest BCUT2D eigenvalue weighted by Gasteiger charge is 2.44. The predicted molar refractivity (Wildman–Crippen MR) is 117 cm³/mol. The van der Waals surface area contributed by atoms with Crippen LogP contribution in [0, 0.1) is 11.6 Å². The van der Waals surface area contributed by atoms with Gasteiger partial charge in [0.25, 0.3) is 0 Å². The number of ether oxygens (including phenoxy) is 1. The summed E-state index contributed by atoms with van der Waals surface area (Å²) in [7, 11) is 0. The van der Waals surface area contributed by atoms with Crippen molar-refractivity contribution in [1.82, 2.24) is 0 Å². The minimum absolute atomic E-state index is 0.0185. The molecule has 12 heteroatoms. The molecule has 0 bridgehead atoms. The van der Waals surface area contributed by atoms with Gasteiger partial charge in [-0.05, 0) is 56.0 Å². The Balaban J connectivity index is 1.80. The summed E-state index contributed by atoms with van der Waals surface area (Å²) < 4.78 is 73.7. The molecule has 2 aliphatic rings. The third-order valence-electron chi connectivity index (χ3n) is 5.55. The quantitative estimate of drug-likeness (QED) is 0.501. The number of nitrogens with zero attached hydrogens (tertiary/aromatic N) is 3. The number of aliphatic imine (C=N–C) groups is 2. The Kier molecular flexibility index (Phi) is 5.97. The first kappa shape index (κ1) is 23.3. The fraction of sp³-hybridized carbons (Fsp3) is 0.333. The first-order valence-electron chi connectivity index (χ1n) is 10.0. The van der Waals surface area contributed by atoms with E-state index < -0.39 is 34.8 Å². The molecular weight excluding hydrogens is 513 g/mol. The predicted octanol–water partition coefficient (Wildman–Crippen LogP) is 5.65. The van der Waals surface area contributed by atoms with Crippen LogP contribution >= 0.6 is 15.9 Å². The molecule has 0 radical (unpaired) electrons. The first-order valence-corrected chi connectivity index (χ1v) is 10.8. The first-order chi connectivity index (χ1) is 15.5. The molecule has 1 aliphatic carbocycles. The van der Waals surface area contributed by atoms with Gasteiger partial charge in [-0.2, -0.15) is 18.2 Å². The fourth-order valence-corrected chi connectivity index (χ4v) is 4.50. The van der Waals surface area contributed by atoms with Gasteiger partial charge in [0, 0.05) is 4.47 Å². The Bertz CT molecular complexity index is 1120. The lowest BCUT2D eigenvalue weighted by atomic mass is 9.87. The van der Waals surface area contributed by atoms with Gasteiger partial charge in [-0.15, -0.1) is 0 Å². The van der Waals surface area contributed by atoms with E-state index >= 15 is 0 Å². The number of hydrogen-bond acceptors (Lipinski definition) is 6. The minimum Gasteiger partial charge on any atom is -0.449 e. The smallest absolute Gasteiger partial charge is 0.416 e. The summed E-state index contributed by atoms with van der Waals surface area (Å²) >= 11 is 3.28. The van der Waals surface area contributed by atoms with E-state index in [0.717, 1.165) is 19.3 Å². The molecule has 176 valence electrons. The van der Waals surface area contributed by atoms with Crippen LogP contribution in [-0.2, 0) is 6.18 Å². The van der Waals surface area contributed by atoms with Gasteiger partial charge in [-0.3, -0.25) is 4.90 Å². The molecule has 1 spiro atoms. The highest BCUT2D eigenvalue weighted by Crippen LogP contribution is 2.45. The van der Waals surface area contributed by atoms with Crippen LogP contribution in [0.15, 0.2) is 44.8 Å². The van der Waals surface area contributed by atoms with Gasteiger partial charge >= 0.3 is 6.18 Å². The van der Waals surface area contributed by atoms with Gasteiger partial charge in [0.15, 0.2) is 23.1 Å². The monoisotopic (exact) mass is 531 g/mol. The number of alkyl halides is 3. The van der Waals surface area contributed by atoms with E-state index in [-0.39, 0.29) is 35.5 Å². The second-order valence-corrected chi connectivity index (χ2v) is 8.72. The highest BCUT2D eigenvalue weighted by molar-refractivity contribution is 9.10. The number of guanidine groups is 2. The molecule has 4 rings (SSSR count). The van der Waals surface area contributed by atoms with Crippen LogP contribution in [0.1, 0.15) is 37.7 Å². The van der Waals surface area contributed by atoms with Crippen molar-refractivity contribution < 1.29 is 26.7 Å². The van der Waals surface area contributed by atoms with E-state index in [0.29, 0.717) is 17.3 Å². The van der Waals surface area contributed by atoms with Gasteiger partial charge in [0.2, 0.25) is 11.9 Å². The second-order valence-electron chi connectivity index (χ2n) is 7.80. The van der Waals surface area contributed by atoms with Crippen molar-refractivity contribution in [3.8, 4) is 11.5 Å². The molecule has 0 saturated heterocycles. The van der Waals surface area contributed by atoms with E-state index in [1.165, 1.54) is 6.07 Å². The molecule has 0 atom stereocenters. The Labute approximate surface area is 194 Å². The van der Waals surface area contributed by atoms with Gasteiger partial charge in [-0.1, -0.05) is 22.4 Å². The molecule has 1 heterocycles. The maximum Gasteiger partial charge on any atom is 0.416 e. The Morgan fingerprint density at radius 3 is 2.24 bits per heavy atom. The van der Waals surface area contributed by atoms with Crippen LogP contribution in [0.2, 0.25) is 0 Å². The average Bonchev–Trinajstić information content (AvgIpc) is 2.71. The third-order valence-corrected chi connectivity index (χ3v) is 6.05. The van der Waals surface area contributed by atoms with Crippen molar-refractivity contribution in [1.29, 1.82) is 0 Å². The maximum atomic E-state index is 14.5. The van der Waals surface area contributed by atoms with Gasteiger partial charge in [-0.25, -0.2) is 13.8 Å². The van der Waals surface area contributed by atoms with Gasteiger partial charge < -0.3 is 16.2 Å². The maximum absolute atomic E-state index is 14.5. The van der Waals surface area contributed by atoms with Crippen molar-refractivity contribution in [3.05, 3.63) is 52.0 Å². The lowest BCUT2D eigenvalue weighted by Gasteiger charge is -2.45. The zero-order valence-corrected chi connectivity index (χ0v) is 18.7. The van der Waals surface area contributed by atoms with Crippen LogP contribution in [0.4, 0.5) is 27.6 Å². The molecule has 1 fully saturated rings. The number of hydrogen-bond donors (Lipinski definition) is 2. The molecule has 0 unspecified atom stereocenters. The number of anilines is 1. The van der Waals surface area contributed by atoms with Crippen molar-refractivity contribution in [2.75, 3.05) is 4.90 Å². The molecule has 1 aliphatic heterocycles. The Morgan fingerprint density at radius 1 is 1.00 bits per heavy atom. The van der Waals surface area contributed by atoms with Crippen molar-refractivity contribution in [2.24, 2.45) is 21.5 Å². The second kappa shape index (κ2) is 8.47. The zero-order valence-electron chi connectivity index (χ0n) is 17.1. The number of benzene rings is 2. The summed E-state index contributed by atoms with van der Waals surface area (Å²) in [6.07, 6.45) is -1.03. The number of nitrogens with two attached hydrogens (primary N) is 2. The summed E-state index contributed by atoms with van der Waals surface area (Å²) in [5, 5.41) is 0. The van der Waals surface area contributed by atoms with Crippen molar-refractivity contribution in [3.63, 3.8) is 0 Å². The molecule has 2 aromatic rings. The molecule has 6 nitrogen and oxygen atoms in total. The molecule has 2 aromatic carbocycles. The summed E-state index contributed by atoms with van der Waals surface area (Å²) in [6.45, 7) is 0. The average molecular weight is 532 g/mol. The van der Waals surface area contributed by atoms with Crippen molar-refractivity contribution in [2.45, 2.75) is 43.9 Å².